The topological polar surface area (TPSA) is 118 Å². The van der Waals surface area contributed by atoms with Gasteiger partial charge < -0.3 is 15.7 Å². The second kappa shape index (κ2) is 5.46. The molecule has 110 valence electrons. The van der Waals surface area contributed by atoms with Crippen molar-refractivity contribution in [2.45, 2.75) is 26.3 Å². The summed E-state index contributed by atoms with van der Waals surface area (Å²) in [4.78, 5) is 24.5. The van der Waals surface area contributed by atoms with Crippen molar-refractivity contribution in [2.75, 3.05) is 24.6 Å². The van der Waals surface area contributed by atoms with Crippen LogP contribution >= 0.6 is 0 Å². The number of carboxylic acid groups (broad SMARTS) is 1. The molecule has 8 heteroatoms. The number of carbonyl (C=O) groups excluding carboxylic acids is 1. The standard InChI is InChI=1S/C11H20N2O5S/c1-11(2,7-12)10(16)13-3-4-19(17,18)6-8(13)5-9(14)15/h8H,3-7,12H2,1-2H3,(H,14,15). The summed E-state index contributed by atoms with van der Waals surface area (Å²) in [7, 11) is -3.28. The quantitative estimate of drug-likeness (QED) is 0.691. The van der Waals surface area contributed by atoms with Crippen LogP contribution in [0, 0.1) is 5.41 Å². The average molecular weight is 292 g/mol. The molecule has 1 aliphatic rings. The van der Waals surface area contributed by atoms with Gasteiger partial charge in [0.2, 0.25) is 5.91 Å². The molecule has 7 nitrogen and oxygen atoms in total. The second-order valence-corrected chi connectivity index (χ2v) is 7.68. The summed E-state index contributed by atoms with van der Waals surface area (Å²) in [6.07, 6.45) is -0.369. The number of aliphatic carboxylic acids is 1. The highest BCUT2D eigenvalue weighted by atomic mass is 32.2. The molecule has 0 aliphatic carbocycles. The molecule has 19 heavy (non-hydrogen) atoms. The van der Waals surface area contributed by atoms with E-state index in [1.165, 1.54) is 4.90 Å². The van der Waals surface area contributed by atoms with E-state index in [0.29, 0.717) is 0 Å². The van der Waals surface area contributed by atoms with E-state index in [-0.39, 0.29) is 36.9 Å². The molecular weight excluding hydrogens is 272 g/mol. The molecular formula is C11H20N2O5S. The lowest BCUT2D eigenvalue weighted by Gasteiger charge is -2.39. The molecule has 1 fully saturated rings. The van der Waals surface area contributed by atoms with Crippen molar-refractivity contribution in [3.05, 3.63) is 0 Å². The number of hydrogen-bond acceptors (Lipinski definition) is 5. The van der Waals surface area contributed by atoms with Crippen molar-refractivity contribution in [3.63, 3.8) is 0 Å². The molecule has 0 radical (unpaired) electrons. The third-order valence-electron chi connectivity index (χ3n) is 3.29. The summed E-state index contributed by atoms with van der Waals surface area (Å²) >= 11 is 0. The Morgan fingerprint density at radius 1 is 1.42 bits per heavy atom. The summed E-state index contributed by atoms with van der Waals surface area (Å²) in [5.74, 6) is -1.84. The van der Waals surface area contributed by atoms with Crippen LogP contribution in [0.25, 0.3) is 0 Å². The highest BCUT2D eigenvalue weighted by Crippen LogP contribution is 2.23. The van der Waals surface area contributed by atoms with Crippen LogP contribution < -0.4 is 5.73 Å². The first-order valence-corrected chi connectivity index (χ1v) is 7.84. The van der Waals surface area contributed by atoms with Crippen molar-refractivity contribution in [1.82, 2.24) is 4.90 Å². The predicted octanol–water partition coefficient (Wildman–Crippen LogP) is -0.928. The van der Waals surface area contributed by atoms with Gasteiger partial charge in [0.15, 0.2) is 9.84 Å². The van der Waals surface area contributed by atoms with Crippen LogP contribution in [-0.4, -0.2) is 60.9 Å². The van der Waals surface area contributed by atoms with Gasteiger partial charge in [0.25, 0.3) is 0 Å². The summed E-state index contributed by atoms with van der Waals surface area (Å²) < 4.78 is 23.1. The Morgan fingerprint density at radius 2 is 2.00 bits per heavy atom. The number of carboxylic acids is 1. The lowest BCUT2D eigenvalue weighted by atomic mass is 9.91. The van der Waals surface area contributed by atoms with Gasteiger partial charge in [0, 0.05) is 13.1 Å². The van der Waals surface area contributed by atoms with E-state index >= 15 is 0 Å². The molecule has 1 unspecified atom stereocenters. The maximum absolute atomic E-state index is 12.3. The van der Waals surface area contributed by atoms with Crippen LogP contribution in [0.5, 0.6) is 0 Å². The largest absolute Gasteiger partial charge is 0.481 e. The van der Waals surface area contributed by atoms with E-state index in [9.17, 15) is 18.0 Å². The third kappa shape index (κ3) is 3.90. The van der Waals surface area contributed by atoms with E-state index < -0.39 is 27.3 Å². The molecule has 0 saturated carbocycles. The van der Waals surface area contributed by atoms with Gasteiger partial charge in [0.05, 0.1) is 29.4 Å². The summed E-state index contributed by atoms with van der Waals surface area (Å²) in [6, 6.07) is -0.811. The van der Waals surface area contributed by atoms with E-state index in [1.807, 2.05) is 0 Å². The normalized spacial score (nSPS) is 23.1. The summed E-state index contributed by atoms with van der Waals surface area (Å²) in [5, 5.41) is 8.84. The second-order valence-electron chi connectivity index (χ2n) is 5.45. The van der Waals surface area contributed by atoms with Crippen molar-refractivity contribution < 1.29 is 23.1 Å². The summed E-state index contributed by atoms with van der Waals surface area (Å²) in [5.41, 5.74) is 4.71. The first kappa shape index (κ1) is 15.9. The Kier molecular flexibility index (Phi) is 4.57. The first-order chi connectivity index (χ1) is 8.59. The zero-order valence-corrected chi connectivity index (χ0v) is 11.9. The Labute approximate surface area is 112 Å². The maximum Gasteiger partial charge on any atom is 0.305 e. The lowest BCUT2D eigenvalue weighted by molar-refractivity contribution is -0.144. The number of carbonyl (C=O) groups is 2. The first-order valence-electron chi connectivity index (χ1n) is 6.02. The molecule has 1 heterocycles. The number of nitrogens with two attached hydrogens (primary N) is 1. The van der Waals surface area contributed by atoms with Crippen LogP contribution in [0.15, 0.2) is 0 Å². The Balaban J connectivity index is 2.97. The number of nitrogens with zero attached hydrogens (tertiary/aromatic N) is 1. The van der Waals surface area contributed by atoms with Crippen LogP contribution in [0.2, 0.25) is 0 Å². The zero-order valence-electron chi connectivity index (χ0n) is 11.1. The Morgan fingerprint density at radius 3 is 2.47 bits per heavy atom. The molecule has 3 N–H and O–H groups in total. The van der Waals surface area contributed by atoms with Gasteiger partial charge in [-0.15, -0.1) is 0 Å². The molecule has 1 saturated heterocycles. The zero-order chi connectivity index (χ0) is 14.8. The Hall–Kier alpha value is -1.15. The van der Waals surface area contributed by atoms with Crippen LogP contribution in [0.4, 0.5) is 0 Å². The van der Waals surface area contributed by atoms with E-state index in [2.05, 4.69) is 0 Å². The fourth-order valence-electron chi connectivity index (χ4n) is 2.00. The van der Waals surface area contributed by atoms with Crippen molar-refractivity contribution in [1.29, 1.82) is 0 Å². The average Bonchev–Trinajstić information content (AvgIpc) is 2.26. The Bertz CT molecular complexity index is 471. The molecule has 0 aromatic carbocycles. The number of sulfone groups is 1. The fourth-order valence-corrected chi connectivity index (χ4v) is 3.53. The van der Waals surface area contributed by atoms with Gasteiger partial charge in [-0.25, -0.2) is 8.42 Å². The molecule has 1 amide bonds. The predicted molar refractivity (Wildman–Crippen MR) is 69.2 cm³/mol. The third-order valence-corrected chi connectivity index (χ3v) is 4.99. The van der Waals surface area contributed by atoms with Gasteiger partial charge in [-0.2, -0.15) is 0 Å². The van der Waals surface area contributed by atoms with Gasteiger partial charge in [-0.1, -0.05) is 0 Å². The van der Waals surface area contributed by atoms with Crippen LogP contribution in [-0.2, 0) is 19.4 Å². The van der Waals surface area contributed by atoms with Gasteiger partial charge in [-0.3, -0.25) is 9.59 Å². The summed E-state index contributed by atoms with van der Waals surface area (Å²) in [6.45, 7) is 3.48. The highest BCUT2D eigenvalue weighted by molar-refractivity contribution is 7.91. The van der Waals surface area contributed by atoms with E-state index in [4.69, 9.17) is 10.8 Å². The minimum atomic E-state index is -3.28. The maximum atomic E-state index is 12.3. The minimum absolute atomic E-state index is 0.0303. The molecule has 1 atom stereocenters. The van der Waals surface area contributed by atoms with E-state index in [0.717, 1.165) is 0 Å². The van der Waals surface area contributed by atoms with Crippen LogP contribution in [0.1, 0.15) is 20.3 Å². The fraction of sp³-hybridized carbons (Fsp3) is 0.818. The molecule has 0 aromatic rings. The van der Waals surface area contributed by atoms with Gasteiger partial charge in [-0.05, 0) is 13.8 Å². The number of hydrogen-bond donors (Lipinski definition) is 2. The van der Waals surface area contributed by atoms with Gasteiger partial charge >= 0.3 is 5.97 Å². The highest BCUT2D eigenvalue weighted by Gasteiger charge is 2.40. The van der Waals surface area contributed by atoms with Gasteiger partial charge in [0.1, 0.15) is 0 Å². The lowest BCUT2D eigenvalue weighted by Crippen LogP contribution is -2.56. The SMILES string of the molecule is CC(C)(CN)C(=O)N1CCS(=O)(=O)CC1CC(=O)O. The van der Waals surface area contributed by atoms with Crippen molar-refractivity contribution in [2.24, 2.45) is 11.1 Å². The molecule has 0 aromatic heterocycles. The smallest absolute Gasteiger partial charge is 0.305 e. The minimum Gasteiger partial charge on any atom is -0.481 e. The monoisotopic (exact) mass is 292 g/mol. The van der Waals surface area contributed by atoms with E-state index in [1.54, 1.807) is 13.8 Å². The molecule has 0 bridgehead atoms. The molecule has 0 spiro atoms. The van der Waals surface area contributed by atoms with Crippen molar-refractivity contribution >= 4 is 21.7 Å². The molecule has 1 aliphatic heterocycles. The van der Waals surface area contributed by atoms with Crippen LogP contribution in [0.3, 0.4) is 0 Å². The van der Waals surface area contributed by atoms with Crippen molar-refractivity contribution in [3.8, 4) is 0 Å². The molecule has 1 rings (SSSR count). The number of rotatable bonds is 4. The number of amides is 1.